The standard InChI is InChI=1S/C15H21FN4O3.3C15H21FN4O2.C13H17FN4O4.C12H15FN4O4/c1-5-10-8(3)12(16)15(21,23-10)11-7-17-13-14(22-6-2)18-9(4)19-20(11)13;3*1-5-11-8(3)12(16)13(22-11)10-7-17-14-15(21-6-2)18-9(4)19-20(10)14;1-3-21-13-12-15-4-7(18(12)17-6(2)16-13)11-9(14)10(20)8(5-19)22-11;1-5-15-12(20-2)11-14-3-6(17(11)16-5)10-8(13)9(19)7(4-18)21-10/h7-8,10,12,21H,5-6H2,1-4H3;3*7-8,11-13H,5-6H2,1-4H3;4,8-11,19-20H,3,5H2,1-2H3;3,7-10,18-19H,4H2,1-2H3/t8-,10-,12-,15+;3*8-,11-,12-,13+;8-,9-,10-,11+;7-,8-,9-,10+/m111111/s1. The summed E-state index contributed by atoms with van der Waals surface area (Å²) in [5, 5.41) is 74.2. The lowest BCUT2D eigenvalue weighted by atomic mass is 9.95. The maximum Gasteiger partial charge on any atom is 0.261 e. The molecule has 0 saturated carbocycles. The van der Waals surface area contributed by atoms with E-state index in [-0.39, 0.29) is 53.7 Å². The molecule has 6 fully saturated rings. The Labute approximate surface area is 755 Å². The number of aryl methyl sites for hydroxylation is 6. The van der Waals surface area contributed by atoms with Crippen molar-refractivity contribution in [1.82, 2.24) is 117 Å². The average molecular weight is 1860 g/mol. The zero-order valence-electron chi connectivity index (χ0n) is 77.2. The number of imidazole rings is 6. The molecule has 41 nitrogen and oxygen atoms in total. The first-order chi connectivity index (χ1) is 63.2. The van der Waals surface area contributed by atoms with E-state index in [1.54, 1.807) is 80.6 Å². The summed E-state index contributed by atoms with van der Waals surface area (Å²) in [6.45, 7) is 36.2. The molecule has 132 heavy (non-hydrogen) atoms. The number of ether oxygens (including phenoxy) is 12. The number of aromatic nitrogens is 24. The number of halogens is 6. The molecule has 12 aromatic rings. The SMILES string of the molecule is CCOc1nc(C)nn2c([C@@H]3O[C@H](CC)[C@@H](C)[C@H]3F)cnc12.CCOc1nc(C)nn2c([C@@H]3O[C@H](CC)[C@@H](C)[C@H]3F)cnc12.CCOc1nc(C)nn2c([C@@H]3O[C@H](CC)[C@@H](C)[C@H]3F)cnc12.CCOc1nc(C)nn2c([C@@H]3O[C@H](CO)[C@@H](O)[C@H]3F)cnc12.CCOc1nc(C)nn2c([C@]3(O)O[C@H](CC)[C@@H](C)[C@H]3F)cnc12.COc1nc(C)nn2c([C@@H]3O[C@H](CO)[C@@H](O)[C@H]3F)cnc12. The van der Waals surface area contributed by atoms with E-state index in [0.717, 1.165) is 19.3 Å². The Kier molecular flexibility index (Phi) is 31.6. The summed E-state index contributed by atoms with van der Waals surface area (Å²) < 4.78 is 162. The molecule has 0 unspecified atom stereocenters. The predicted octanol–water partition coefficient (Wildman–Crippen LogP) is 9.26. The molecule has 6 aliphatic heterocycles. The van der Waals surface area contributed by atoms with Crippen LogP contribution in [0.4, 0.5) is 26.3 Å². The molecule has 0 aliphatic carbocycles. The number of nitrogens with zero attached hydrogens (tertiary/aromatic N) is 24. The molecule has 18 rings (SSSR count). The smallest absolute Gasteiger partial charge is 0.261 e. The summed E-state index contributed by atoms with van der Waals surface area (Å²) in [5.74, 6) is 2.08. The topological polar surface area (TPSA) is 470 Å². The summed E-state index contributed by atoms with van der Waals surface area (Å²) in [4.78, 5) is 50.5. The van der Waals surface area contributed by atoms with Crippen LogP contribution in [-0.2, 0) is 34.2 Å². The maximum atomic E-state index is 14.8. The fraction of sp³-hybridized carbons (Fsp3) is 0.647. The molecule has 0 aromatic carbocycles. The quantitative estimate of drug-likeness (QED) is 0.0372. The molecule has 0 amide bonds. The van der Waals surface area contributed by atoms with Crippen LogP contribution >= 0.6 is 0 Å². The van der Waals surface area contributed by atoms with Crippen LogP contribution in [0.3, 0.4) is 0 Å². The lowest BCUT2D eigenvalue weighted by Crippen LogP contribution is -2.37. The molecular weight excluding hydrogens is 1740 g/mol. The molecule has 47 heteroatoms. The monoisotopic (exact) mass is 1860 g/mol. The molecule has 0 radical (unpaired) electrons. The first kappa shape index (κ1) is 98.7. The minimum absolute atomic E-state index is 0.0835. The third kappa shape index (κ3) is 19.4. The Balaban J connectivity index is 0.000000135. The van der Waals surface area contributed by atoms with E-state index in [2.05, 4.69) is 90.4 Å². The second kappa shape index (κ2) is 42.2. The average Bonchev–Trinajstić information content (AvgIpc) is 1.57. The van der Waals surface area contributed by atoms with E-state index in [1.807, 2.05) is 83.1 Å². The second-order valence-corrected chi connectivity index (χ2v) is 32.5. The number of fused-ring (bicyclic) bond motifs is 6. The predicted molar refractivity (Wildman–Crippen MR) is 456 cm³/mol. The van der Waals surface area contributed by atoms with Gasteiger partial charge in [0.15, 0.2) is 18.5 Å². The number of hydrogen-bond acceptors (Lipinski definition) is 35. The van der Waals surface area contributed by atoms with E-state index in [4.69, 9.17) is 67.1 Å². The van der Waals surface area contributed by atoms with Gasteiger partial charge in [0.2, 0.25) is 39.7 Å². The van der Waals surface area contributed by atoms with E-state index in [0.29, 0.717) is 166 Å². The van der Waals surface area contributed by atoms with Gasteiger partial charge >= 0.3 is 0 Å². The normalized spacial score (nSPS) is 29.0. The van der Waals surface area contributed by atoms with E-state index < -0.39 is 117 Å². The highest BCUT2D eigenvalue weighted by molar-refractivity contribution is 5.54. The van der Waals surface area contributed by atoms with Crippen molar-refractivity contribution in [2.24, 2.45) is 23.7 Å². The van der Waals surface area contributed by atoms with Gasteiger partial charge < -0.3 is 82.4 Å². The van der Waals surface area contributed by atoms with Crippen LogP contribution in [0.25, 0.3) is 33.9 Å². The summed E-state index contributed by atoms with van der Waals surface area (Å²) in [5.41, 5.74) is 5.11. The van der Waals surface area contributed by atoms with Gasteiger partial charge in [0, 0.05) is 23.7 Å². The molecule has 18 heterocycles. The van der Waals surface area contributed by atoms with Gasteiger partial charge in [-0.15, -0.1) is 0 Å². The van der Waals surface area contributed by atoms with Crippen molar-refractivity contribution in [2.75, 3.05) is 53.4 Å². The van der Waals surface area contributed by atoms with Gasteiger partial charge in [-0.3, -0.25) is 0 Å². The number of hydrogen-bond donors (Lipinski definition) is 5. The highest BCUT2D eigenvalue weighted by Gasteiger charge is 2.57. The summed E-state index contributed by atoms with van der Waals surface area (Å²) >= 11 is 0. The van der Waals surface area contributed by atoms with Gasteiger partial charge in [0.05, 0.1) is 143 Å². The van der Waals surface area contributed by atoms with Crippen LogP contribution in [0.2, 0.25) is 0 Å². The molecule has 0 bridgehead atoms. The molecule has 6 aliphatic rings. The second-order valence-electron chi connectivity index (χ2n) is 32.5. The van der Waals surface area contributed by atoms with Gasteiger partial charge in [-0.05, 0) is 102 Å². The number of aliphatic hydroxyl groups excluding tert-OH is 4. The van der Waals surface area contributed by atoms with Crippen molar-refractivity contribution in [3.8, 4) is 35.3 Å². The molecule has 720 valence electrons. The largest absolute Gasteiger partial charge is 0.478 e. The van der Waals surface area contributed by atoms with Gasteiger partial charge in [-0.1, -0.05) is 55.4 Å². The van der Waals surface area contributed by atoms with Crippen LogP contribution < -0.4 is 28.4 Å². The minimum Gasteiger partial charge on any atom is -0.478 e. The van der Waals surface area contributed by atoms with Crippen LogP contribution in [0, 0.1) is 65.2 Å². The van der Waals surface area contributed by atoms with Crippen molar-refractivity contribution in [3.05, 3.63) is 106 Å². The third-order valence-corrected chi connectivity index (χ3v) is 23.6. The van der Waals surface area contributed by atoms with Crippen molar-refractivity contribution in [1.29, 1.82) is 0 Å². The van der Waals surface area contributed by atoms with Gasteiger partial charge in [0.1, 0.15) is 114 Å². The Morgan fingerprint density at radius 2 is 0.568 bits per heavy atom. The summed E-state index contributed by atoms with van der Waals surface area (Å²) in [6.07, 6.45) is -5.63. The van der Waals surface area contributed by atoms with Crippen molar-refractivity contribution < 1.29 is 109 Å². The highest BCUT2D eigenvalue weighted by atomic mass is 19.2. The van der Waals surface area contributed by atoms with E-state index >= 15 is 0 Å². The minimum atomic E-state index is -2.08. The lowest BCUT2D eigenvalue weighted by molar-refractivity contribution is -0.227. The molecule has 0 spiro atoms. The number of alkyl halides is 6. The Morgan fingerprint density at radius 1 is 0.333 bits per heavy atom. The Bertz CT molecular complexity index is 5440. The van der Waals surface area contributed by atoms with E-state index in [1.165, 1.54) is 39.2 Å². The van der Waals surface area contributed by atoms with Crippen LogP contribution in [0.1, 0.15) is 215 Å². The van der Waals surface area contributed by atoms with Crippen molar-refractivity contribution in [2.45, 2.75) is 279 Å². The molecule has 12 aromatic heterocycles. The number of methoxy groups -OCH3 is 1. The van der Waals surface area contributed by atoms with Crippen LogP contribution in [0.5, 0.6) is 35.3 Å². The fourth-order valence-corrected chi connectivity index (χ4v) is 16.9. The zero-order chi connectivity index (χ0) is 95.3. The Morgan fingerprint density at radius 3 is 0.803 bits per heavy atom. The first-order valence-corrected chi connectivity index (χ1v) is 44.4. The lowest BCUT2D eigenvalue weighted by Gasteiger charge is -2.24. The van der Waals surface area contributed by atoms with Gasteiger partial charge in [-0.2, -0.15) is 60.5 Å². The number of aliphatic hydroxyl groups is 5. The van der Waals surface area contributed by atoms with Crippen molar-refractivity contribution >= 4 is 33.9 Å². The van der Waals surface area contributed by atoms with Gasteiger partial charge in [-0.25, -0.2) is 83.3 Å². The fourth-order valence-electron chi connectivity index (χ4n) is 16.9. The van der Waals surface area contributed by atoms with Crippen LogP contribution in [0.15, 0.2) is 37.2 Å². The number of rotatable bonds is 23. The zero-order valence-corrected chi connectivity index (χ0v) is 77.2. The van der Waals surface area contributed by atoms with Gasteiger partial charge in [0.25, 0.3) is 35.3 Å². The molecular formula is C85H116F6N24O17. The first-order valence-electron chi connectivity index (χ1n) is 44.4. The highest BCUT2D eigenvalue weighted by Crippen LogP contribution is 2.48. The van der Waals surface area contributed by atoms with Crippen LogP contribution in [-0.4, -0.2) is 282 Å². The molecule has 24 atom stereocenters. The van der Waals surface area contributed by atoms with Crippen molar-refractivity contribution in [3.63, 3.8) is 0 Å². The molecule has 6 saturated heterocycles. The summed E-state index contributed by atoms with van der Waals surface area (Å²) in [7, 11) is 1.45. The Hall–Kier alpha value is -10.8. The van der Waals surface area contributed by atoms with E-state index in [9.17, 15) is 41.7 Å². The maximum absolute atomic E-state index is 14.8. The third-order valence-electron chi connectivity index (χ3n) is 23.6. The summed E-state index contributed by atoms with van der Waals surface area (Å²) in [6, 6.07) is 0. The molecule has 5 N–H and O–H groups in total.